The van der Waals surface area contributed by atoms with Crippen LogP contribution in [0.25, 0.3) is 0 Å². The summed E-state index contributed by atoms with van der Waals surface area (Å²) in [7, 11) is -1.40. The zero-order valence-electron chi connectivity index (χ0n) is 20.1. The molecule has 11 heteroatoms. The molecule has 36 heavy (non-hydrogen) atoms. The number of sulfone groups is 1. The summed E-state index contributed by atoms with van der Waals surface area (Å²) in [5.74, 6) is -2.06. The Balaban J connectivity index is 1.36. The Morgan fingerprint density at radius 3 is 2.17 bits per heavy atom. The van der Waals surface area contributed by atoms with Crippen LogP contribution in [0.4, 0.5) is 13.2 Å². The molecule has 7 nitrogen and oxygen atoms in total. The fourth-order valence-corrected chi connectivity index (χ4v) is 7.29. The number of piperidine rings is 1. The van der Waals surface area contributed by atoms with Gasteiger partial charge in [0.15, 0.2) is 9.84 Å². The third-order valence-electron chi connectivity index (χ3n) is 8.00. The Bertz CT molecular complexity index is 1310. The molecule has 1 saturated heterocycles. The van der Waals surface area contributed by atoms with E-state index in [0.717, 1.165) is 0 Å². The van der Waals surface area contributed by atoms with Crippen molar-refractivity contribution in [3.8, 4) is 0 Å². The Morgan fingerprint density at radius 2 is 1.61 bits per heavy atom. The van der Waals surface area contributed by atoms with Crippen molar-refractivity contribution in [1.29, 1.82) is 0 Å². The maximum atomic E-state index is 13.2. The molecule has 2 fully saturated rings. The summed E-state index contributed by atoms with van der Waals surface area (Å²) in [5.41, 5.74) is 0.113. The third-order valence-corrected chi connectivity index (χ3v) is 10.3. The SMILES string of the molecule is C[C@H]1Cn2c(C(=O)C(F)(F)F)ccc2C2(CCN(C(=O)c3ccc(S(=O)(=O)C4CC4)cc3)CC2)N1C. The predicted octanol–water partition coefficient (Wildman–Crippen LogP) is 3.63. The number of ketones is 1. The highest BCUT2D eigenvalue weighted by atomic mass is 32.2. The van der Waals surface area contributed by atoms with E-state index in [1.807, 2.05) is 14.0 Å². The van der Waals surface area contributed by atoms with Crippen molar-refractivity contribution in [2.75, 3.05) is 20.1 Å². The third kappa shape index (κ3) is 3.96. The number of rotatable bonds is 4. The van der Waals surface area contributed by atoms with E-state index in [1.165, 1.54) is 34.9 Å². The van der Waals surface area contributed by atoms with Crippen LogP contribution < -0.4 is 0 Å². The number of carbonyl (C=O) groups excluding carboxylic acids is 2. The van der Waals surface area contributed by atoms with Crippen LogP contribution in [0.5, 0.6) is 0 Å². The lowest BCUT2D eigenvalue weighted by Gasteiger charge is -2.53. The normalized spacial score (nSPS) is 22.5. The van der Waals surface area contributed by atoms with Crippen LogP contribution in [0.1, 0.15) is 59.1 Å². The molecule has 2 aromatic rings. The first-order valence-electron chi connectivity index (χ1n) is 12.0. The molecule has 3 heterocycles. The molecular formula is C25H28F3N3O4S. The van der Waals surface area contributed by atoms with Crippen molar-refractivity contribution in [2.45, 2.75) is 67.1 Å². The minimum atomic E-state index is -4.95. The molecular weight excluding hydrogens is 495 g/mol. The monoisotopic (exact) mass is 523 g/mol. The molecule has 3 aliphatic rings. The van der Waals surface area contributed by atoms with Gasteiger partial charge in [0, 0.05) is 36.9 Å². The standard InChI is InChI=1S/C25H28F3N3O4S/c1-16-15-31-20(22(32)25(26,27)28)9-10-21(31)24(29(16)2)11-13-30(14-12-24)23(33)17-3-5-18(6-4-17)36(34,35)19-7-8-19/h3-6,9-10,16,19H,7-8,11-15H2,1-2H3/t16-/m0/s1. The van der Waals surface area contributed by atoms with Crippen LogP contribution >= 0.6 is 0 Å². The van der Waals surface area contributed by atoms with Crippen LogP contribution in [0.3, 0.4) is 0 Å². The minimum Gasteiger partial charge on any atom is -0.339 e. The van der Waals surface area contributed by atoms with E-state index >= 15 is 0 Å². The second kappa shape index (κ2) is 8.44. The van der Waals surface area contributed by atoms with Gasteiger partial charge < -0.3 is 9.47 Å². The Hall–Kier alpha value is -2.66. The maximum absolute atomic E-state index is 13.2. The van der Waals surface area contributed by atoms with Crippen molar-refractivity contribution in [2.24, 2.45) is 0 Å². The van der Waals surface area contributed by atoms with E-state index in [0.29, 0.717) is 50.0 Å². The van der Waals surface area contributed by atoms with Gasteiger partial charge in [-0.25, -0.2) is 8.42 Å². The Kier molecular flexibility index (Phi) is 5.86. The fourth-order valence-electron chi connectivity index (χ4n) is 5.63. The Morgan fingerprint density at radius 1 is 1.00 bits per heavy atom. The number of halogens is 3. The van der Waals surface area contributed by atoms with Gasteiger partial charge in [0.2, 0.25) is 0 Å². The van der Waals surface area contributed by atoms with Gasteiger partial charge in [-0.3, -0.25) is 14.5 Å². The Labute approximate surface area is 207 Å². The largest absolute Gasteiger partial charge is 0.456 e. The molecule has 5 rings (SSSR count). The van der Waals surface area contributed by atoms with Gasteiger partial charge in [-0.1, -0.05) is 0 Å². The summed E-state index contributed by atoms with van der Waals surface area (Å²) < 4.78 is 65.9. The van der Waals surface area contributed by atoms with E-state index in [2.05, 4.69) is 4.90 Å². The van der Waals surface area contributed by atoms with E-state index in [1.54, 1.807) is 11.0 Å². The van der Waals surface area contributed by atoms with E-state index in [9.17, 15) is 31.2 Å². The number of carbonyl (C=O) groups is 2. The van der Waals surface area contributed by atoms with Crippen molar-refractivity contribution >= 4 is 21.5 Å². The number of alkyl halides is 3. The molecule has 2 aliphatic heterocycles. The number of likely N-dealkylation sites (tertiary alicyclic amines) is 1. The highest BCUT2D eigenvalue weighted by Crippen LogP contribution is 2.44. The van der Waals surface area contributed by atoms with Gasteiger partial charge in [0.05, 0.1) is 21.4 Å². The summed E-state index contributed by atoms with van der Waals surface area (Å²) in [5, 5.41) is -0.321. The van der Waals surface area contributed by atoms with Crippen molar-refractivity contribution < 1.29 is 31.2 Å². The first-order chi connectivity index (χ1) is 16.9. The molecule has 1 atom stereocenters. The molecule has 194 valence electrons. The second-order valence-corrected chi connectivity index (χ2v) is 12.3. The van der Waals surface area contributed by atoms with Gasteiger partial charge in [0.25, 0.3) is 11.7 Å². The number of Topliss-reactive ketones (excluding diaryl/α,β-unsaturated/α-hetero) is 1. The second-order valence-electron chi connectivity index (χ2n) is 10.1. The molecule has 1 aromatic heterocycles. The molecule has 1 aliphatic carbocycles. The summed E-state index contributed by atoms with van der Waals surface area (Å²) in [6.07, 6.45) is -2.62. The predicted molar refractivity (Wildman–Crippen MR) is 126 cm³/mol. The molecule has 0 bridgehead atoms. The first kappa shape index (κ1) is 25.0. The van der Waals surface area contributed by atoms with Gasteiger partial charge in [0.1, 0.15) is 0 Å². The number of benzene rings is 1. The smallest absolute Gasteiger partial charge is 0.339 e. The molecule has 0 N–H and O–H groups in total. The zero-order chi connectivity index (χ0) is 26.0. The highest BCUT2D eigenvalue weighted by Gasteiger charge is 2.49. The van der Waals surface area contributed by atoms with E-state index < -0.39 is 27.3 Å². The van der Waals surface area contributed by atoms with Crippen LogP contribution in [0.15, 0.2) is 41.3 Å². The van der Waals surface area contributed by atoms with Crippen molar-refractivity contribution in [1.82, 2.24) is 14.4 Å². The lowest BCUT2D eigenvalue weighted by molar-refractivity contribution is -0.0894. The van der Waals surface area contributed by atoms with Crippen LogP contribution in [0, 0.1) is 0 Å². The van der Waals surface area contributed by atoms with Gasteiger partial charge in [-0.15, -0.1) is 0 Å². The zero-order valence-corrected chi connectivity index (χ0v) is 20.9. The number of aromatic nitrogens is 1. The number of hydrogen-bond donors (Lipinski definition) is 0. The number of fused-ring (bicyclic) bond motifs is 2. The summed E-state index contributed by atoms with van der Waals surface area (Å²) in [6.45, 7) is 2.95. The first-order valence-corrected chi connectivity index (χ1v) is 13.6. The number of nitrogens with zero attached hydrogens (tertiary/aromatic N) is 3. The van der Waals surface area contributed by atoms with Gasteiger partial charge in [-0.05, 0) is 76.1 Å². The molecule has 0 radical (unpaired) electrons. The molecule has 1 spiro atoms. The van der Waals surface area contributed by atoms with Gasteiger partial charge in [-0.2, -0.15) is 13.2 Å². The summed E-state index contributed by atoms with van der Waals surface area (Å²) in [6, 6.07) is 8.80. The molecule has 1 saturated carbocycles. The van der Waals surface area contributed by atoms with E-state index in [-0.39, 0.29) is 34.3 Å². The average Bonchev–Trinajstić information content (AvgIpc) is 3.63. The number of hydrogen-bond acceptors (Lipinski definition) is 5. The average molecular weight is 524 g/mol. The quantitative estimate of drug-likeness (QED) is 0.572. The summed E-state index contributed by atoms with van der Waals surface area (Å²) in [4.78, 5) is 29.3. The van der Waals surface area contributed by atoms with Crippen LogP contribution in [-0.2, 0) is 21.9 Å². The van der Waals surface area contributed by atoms with Gasteiger partial charge >= 0.3 is 6.18 Å². The molecule has 1 aromatic carbocycles. The molecule has 0 unspecified atom stereocenters. The molecule has 1 amide bonds. The maximum Gasteiger partial charge on any atom is 0.456 e. The lowest BCUT2D eigenvalue weighted by atomic mass is 9.80. The van der Waals surface area contributed by atoms with Crippen molar-refractivity contribution in [3.05, 3.63) is 53.3 Å². The number of likely N-dealkylation sites (N-methyl/N-ethyl adjacent to an activating group) is 1. The lowest BCUT2D eigenvalue weighted by Crippen LogP contribution is -2.59. The van der Waals surface area contributed by atoms with Crippen LogP contribution in [-0.4, -0.2) is 72.1 Å². The minimum absolute atomic E-state index is 0.104. The number of amides is 1. The summed E-state index contributed by atoms with van der Waals surface area (Å²) >= 11 is 0. The topological polar surface area (TPSA) is 79.7 Å². The van der Waals surface area contributed by atoms with E-state index in [4.69, 9.17) is 0 Å². The fraction of sp³-hybridized carbons (Fsp3) is 0.520. The van der Waals surface area contributed by atoms with Crippen molar-refractivity contribution in [3.63, 3.8) is 0 Å². The van der Waals surface area contributed by atoms with Crippen LogP contribution in [0.2, 0.25) is 0 Å². The highest BCUT2D eigenvalue weighted by molar-refractivity contribution is 7.92.